The lowest BCUT2D eigenvalue weighted by atomic mass is 10.0. The van der Waals surface area contributed by atoms with Crippen LogP contribution in [0.1, 0.15) is 23.8 Å². The van der Waals surface area contributed by atoms with Crippen LogP contribution in [0, 0.1) is 0 Å². The molecule has 0 radical (unpaired) electrons. The number of nitrogens with zero attached hydrogens (tertiary/aromatic N) is 3. The molecule has 0 saturated heterocycles. The number of rotatable bonds is 3. The number of furan rings is 1. The fraction of sp³-hybridized carbons (Fsp3) is 0.130. The van der Waals surface area contributed by atoms with Crippen molar-refractivity contribution >= 4 is 22.3 Å². The molecule has 6 nitrogen and oxygen atoms in total. The number of benzene rings is 2. The summed E-state index contributed by atoms with van der Waals surface area (Å²) in [5.41, 5.74) is 2.08. The fourth-order valence-corrected chi connectivity index (χ4v) is 3.92. The van der Waals surface area contributed by atoms with Gasteiger partial charge in [0.1, 0.15) is 23.1 Å². The Morgan fingerprint density at radius 1 is 1.03 bits per heavy atom. The molecule has 0 amide bonds. The highest BCUT2D eigenvalue weighted by Crippen LogP contribution is 2.38. The number of hydrazone groups is 1. The molecule has 3 heterocycles. The molecule has 1 aliphatic heterocycles. The zero-order valence-corrected chi connectivity index (χ0v) is 15.8. The molecule has 5 rings (SSSR count). The zero-order chi connectivity index (χ0) is 20.0. The van der Waals surface area contributed by atoms with Gasteiger partial charge < -0.3 is 14.1 Å². The molecule has 0 unspecified atom stereocenters. The second kappa shape index (κ2) is 6.67. The smallest absolute Gasteiger partial charge is 0.263 e. The minimum Gasteiger partial charge on any atom is -0.506 e. The summed E-state index contributed by atoms with van der Waals surface area (Å²) in [5, 5.41) is 18.2. The van der Waals surface area contributed by atoms with Crippen LogP contribution >= 0.6 is 0 Å². The maximum Gasteiger partial charge on any atom is 0.263 e. The number of fused-ring (bicyclic) bond motifs is 1. The highest BCUT2D eigenvalue weighted by atomic mass is 16.3. The number of hydrogen-bond acceptors (Lipinski definition) is 5. The van der Waals surface area contributed by atoms with E-state index in [-0.39, 0.29) is 22.9 Å². The Kier molecular flexibility index (Phi) is 3.98. The Hall–Kier alpha value is -3.80. The van der Waals surface area contributed by atoms with Gasteiger partial charge in [-0.15, -0.1) is 0 Å². The first-order valence-corrected chi connectivity index (χ1v) is 9.41. The van der Waals surface area contributed by atoms with Crippen molar-refractivity contribution in [2.45, 2.75) is 12.5 Å². The minimum atomic E-state index is -0.270. The number of para-hydroxylation sites is 2. The number of anilines is 1. The van der Waals surface area contributed by atoms with Crippen LogP contribution in [-0.2, 0) is 7.05 Å². The van der Waals surface area contributed by atoms with E-state index in [4.69, 9.17) is 9.52 Å². The lowest BCUT2D eigenvalue weighted by molar-refractivity contribution is 0.464. The molecule has 2 aromatic carbocycles. The van der Waals surface area contributed by atoms with Crippen LogP contribution in [-0.4, -0.2) is 15.4 Å². The molecule has 6 heteroatoms. The molecule has 4 aromatic rings. The van der Waals surface area contributed by atoms with Crippen LogP contribution in [0.5, 0.6) is 5.75 Å². The Morgan fingerprint density at radius 3 is 2.55 bits per heavy atom. The average Bonchev–Trinajstić information content (AvgIpc) is 3.43. The van der Waals surface area contributed by atoms with Gasteiger partial charge in [-0.05, 0) is 36.4 Å². The van der Waals surface area contributed by atoms with Gasteiger partial charge in [-0.1, -0.05) is 30.3 Å². The van der Waals surface area contributed by atoms with Crippen LogP contribution < -0.4 is 10.6 Å². The molecule has 1 aliphatic rings. The molecule has 1 N–H and O–H groups in total. The Labute approximate surface area is 166 Å². The van der Waals surface area contributed by atoms with Gasteiger partial charge in [0.15, 0.2) is 0 Å². The van der Waals surface area contributed by atoms with Gasteiger partial charge in [-0.3, -0.25) is 9.80 Å². The van der Waals surface area contributed by atoms with Crippen molar-refractivity contribution in [3.63, 3.8) is 0 Å². The number of pyridine rings is 1. The standard InChI is InChI=1S/C23H19N3O3/c1-25-18-11-6-5-10-16(18)22(27)21(23(25)28)17-14-19(20-12-7-13-29-20)26(24-17)15-8-3-2-4-9-15/h2-13,19,27H,14H2,1H3/t19-/m1/s1. The van der Waals surface area contributed by atoms with Crippen molar-refractivity contribution in [1.82, 2.24) is 4.57 Å². The van der Waals surface area contributed by atoms with E-state index in [1.165, 1.54) is 0 Å². The lowest BCUT2D eigenvalue weighted by Crippen LogP contribution is -2.24. The van der Waals surface area contributed by atoms with Crippen molar-refractivity contribution in [3.05, 3.63) is 94.7 Å². The summed E-state index contributed by atoms with van der Waals surface area (Å²) >= 11 is 0. The van der Waals surface area contributed by atoms with Gasteiger partial charge in [-0.25, -0.2) is 0 Å². The molecule has 29 heavy (non-hydrogen) atoms. The molecule has 0 bridgehead atoms. The van der Waals surface area contributed by atoms with Gasteiger partial charge >= 0.3 is 0 Å². The normalized spacial score (nSPS) is 16.4. The van der Waals surface area contributed by atoms with Gasteiger partial charge in [0.05, 0.1) is 23.2 Å². The van der Waals surface area contributed by atoms with E-state index in [0.717, 1.165) is 11.4 Å². The van der Waals surface area contributed by atoms with Crippen LogP contribution in [0.15, 0.2) is 87.3 Å². The fourth-order valence-electron chi connectivity index (χ4n) is 3.92. The van der Waals surface area contributed by atoms with Gasteiger partial charge in [0.25, 0.3) is 5.56 Å². The number of aromatic hydroxyl groups is 1. The van der Waals surface area contributed by atoms with Crippen LogP contribution in [0.2, 0.25) is 0 Å². The predicted molar refractivity (Wildman–Crippen MR) is 112 cm³/mol. The van der Waals surface area contributed by atoms with E-state index in [9.17, 15) is 9.90 Å². The molecule has 1 atom stereocenters. The van der Waals surface area contributed by atoms with E-state index < -0.39 is 0 Å². The van der Waals surface area contributed by atoms with Crippen LogP contribution in [0.25, 0.3) is 10.9 Å². The Morgan fingerprint density at radius 2 is 1.79 bits per heavy atom. The van der Waals surface area contributed by atoms with Gasteiger partial charge in [-0.2, -0.15) is 5.10 Å². The van der Waals surface area contributed by atoms with Crippen molar-refractivity contribution in [2.75, 3.05) is 5.01 Å². The third kappa shape index (κ3) is 2.72. The SMILES string of the molecule is Cn1c(=O)c(C2=NN(c3ccccc3)[C@@H](c3ccco3)C2)c(O)c2ccccc21. The average molecular weight is 385 g/mol. The van der Waals surface area contributed by atoms with E-state index in [1.807, 2.05) is 71.7 Å². The molecular formula is C23H19N3O3. The van der Waals surface area contributed by atoms with Crippen molar-refractivity contribution < 1.29 is 9.52 Å². The third-order valence-corrected chi connectivity index (χ3v) is 5.37. The van der Waals surface area contributed by atoms with E-state index in [1.54, 1.807) is 17.9 Å². The predicted octanol–water partition coefficient (Wildman–Crippen LogP) is 4.19. The Balaban J connectivity index is 1.70. The van der Waals surface area contributed by atoms with E-state index >= 15 is 0 Å². The lowest BCUT2D eigenvalue weighted by Gasteiger charge is -2.21. The summed E-state index contributed by atoms with van der Waals surface area (Å²) < 4.78 is 7.20. The molecule has 2 aromatic heterocycles. The van der Waals surface area contributed by atoms with Gasteiger partial charge in [0.2, 0.25) is 0 Å². The van der Waals surface area contributed by atoms with Crippen LogP contribution in [0.3, 0.4) is 0 Å². The molecule has 0 spiro atoms. The van der Waals surface area contributed by atoms with E-state index in [0.29, 0.717) is 23.0 Å². The summed E-state index contributed by atoms with van der Waals surface area (Å²) in [7, 11) is 1.71. The first kappa shape index (κ1) is 17.3. The second-order valence-electron chi connectivity index (χ2n) is 7.07. The summed E-state index contributed by atoms with van der Waals surface area (Å²) in [6, 6.07) is 20.6. The second-order valence-corrected chi connectivity index (χ2v) is 7.07. The number of aromatic nitrogens is 1. The highest BCUT2D eigenvalue weighted by molar-refractivity contribution is 6.08. The molecule has 0 fully saturated rings. The first-order chi connectivity index (χ1) is 14.1. The number of aryl methyl sites for hydroxylation is 1. The van der Waals surface area contributed by atoms with Crippen molar-refractivity contribution in [1.29, 1.82) is 0 Å². The summed E-state index contributed by atoms with van der Waals surface area (Å²) in [5.74, 6) is 0.722. The van der Waals surface area contributed by atoms with E-state index in [2.05, 4.69) is 0 Å². The largest absolute Gasteiger partial charge is 0.506 e. The quantitative estimate of drug-likeness (QED) is 0.574. The van der Waals surface area contributed by atoms with Crippen molar-refractivity contribution in [3.8, 4) is 5.75 Å². The zero-order valence-electron chi connectivity index (χ0n) is 15.8. The monoisotopic (exact) mass is 385 g/mol. The third-order valence-electron chi connectivity index (χ3n) is 5.37. The van der Waals surface area contributed by atoms with Crippen LogP contribution in [0.4, 0.5) is 5.69 Å². The minimum absolute atomic E-state index is 0.0319. The Bertz CT molecular complexity index is 1270. The maximum absolute atomic E-state index is 13.1. The molecular weight excluding hydrogens is 366 g/mol. The first-order valence-electron chi connectivity index (χ1n) is 9.41. The molecule has 144 valence electrons. The summed E-state index contributed by atoms with van der Waals surface area (Å²) in [4.78, 5) is 13.1. The van der Waals surface area contributed by atoms with Gasteiger partial charge in [0, 0.05) is 18.9 Å². The highest BCUT2D eigenvalue weighted by Gasteiger charge is 2.34. The number of hydrogen-bond donors (Lipinski definition) is 1. The summed E-state index contributed by atoms with van der Waals surface area (Å²) in [6.07, 6.45) is 2.08. The topological polar surface area (TPSA) is 71.0 Å². The molecule has 0 aliphatic carbocycles. The summed E-state index contributed by atoms with van der Waals surface area (Å²) in [6.45, 7) is 0. The maximum atomic E-state index is 13.1. The molecule has 0 saturated carbocycles. The van der Waals surface area contributed by atoms with Crippen molar-refractivity contribution in [2.24, 2.45) is 12.1 Å².